The van der Waals surface area contributed by atoms with E-state index in [1.165, 1.54) is 54.6 Å². The Labute approximate surface area is 231 Å². The van der Waals surface area contributed by atoms with Gasteiger partial charge in [0.25, 0.3) is 0 Å². The van der Waals surface area contributed by atoms with Gasteiger partial charge in [0.05, 0.1) is 11.2 Å². The topological polar surface area (TPSA) is 25.8 Å². The van der Waals surface area contributed by atoms with Crippen LogP contribution in [0.2, 0.25) is 0 Å². The molecule has 2 nitrogen and oxygen atoms in total. The maximum Gasteiger partial charge on any atom is 0.0714 e. The number of rotatable bonds is 2. The fourth-order valence-corrected chi connectivity index (χ4v) is 6.75. The molecule has 0 amide bonds. The largest absolute Gasteiger partial charge is 0.256 e. The lowest BCUT2D eigenvalue weighted by Crippen LogP contribution is -1.89. The van der Waals surface area contributed by atoms with Crippen molar-refractivity contribution in [3.8, 4) is 44.6 Å². The van der Waals surface area contributed by atoms with Crippen molar-refractivity contribution in [3.05, 3.63) is 134 Å². The standard InChI is InChI=1S/C38H22N2/c1-3-10-29-26(8-1)27-9-2-4-11-30(27)38-33-17-16-28(31-12-5-13-32(36(31)33)37(29)38)35-22-25(18-20-40-35)24-15-14-23-7-6-19-39-34(23)21-24/h1-22H. The molecule has 0 saturated carbocycles. The number of hydrogen-bond acceptors (Lipinski definition) is 2. The van der Waals surface area contributed by atoms with Crippen LogP contribution in [0, 0.1) is 0 Å². The maximum absolute atomic E-state index is 4.86. The molecule has 0 N–H and O–H groups in total. The molecule has 2 aromatic heterocycles. The molecule has 0 atom stereocenters. The van der Waals surface area contributed by atoms with Crippen LogP contribution in [0.15, 0.2) is 134 Å². The van der Waals surface area contributed by atoms with E-state index in [-0.39, 0.29) is 0 Å². The van der Waals surface area contributed by atoms with Gasteiger partial charge in [-0.3, -0.25) is 9.97 Å². The van der Waals surface area contributed by atoms with Crippen molar-refractivity contribution < 1.29 is 0 Å². The molecule has 0 spiro atoms. The molecule has 0 radical (unpaired) electrons. The van der Waals surface area contributed by atoms with Crippen LogP contribution in [0.4, 0.5) is 0 Å². The van der Waals surface area contributed by atoms with Crippen LogP contribution >= 0.6 is 0 Å². The number of aromatic nitrogens is 2. The fraction of sp³-hybridized carbons (Fsp3) is 0. The van der Waals surface area contributed by atoms with E-state index < -0.39 is 0 Å². The first-order valence-corrected chi connectivity index (χ1v) is 13.7. The van der Waals surface area contributed by atoms with Crippen LogP contribution < -0.4 is 0 Å². The molecular weight excluding hydrogens is 484 g/mol. The van der Waals surface area contributed by atoms with Crippen LogP contribution in [-0.2, 0) is 0 Å². The number of benzene rings is 6. The van der Waals surface area contributed by atoms with Crippen molar-refractivity contribution in [3.63, 3.8) is 0 Å². The highest BCUT2D eigenvalue weighted by atomic mass is 14.7. The minimum absolute atomic E-state index is 0.980. The lowest BCUT2D eigenvalue weighted by Gasteiger charge is -2.13. The van der Waals surface area contributed by atoms with Crippen molar-refractivity contribution in [2.24, 2.45) is 0 Å². The third-order valence-corrected chi connectivity index (χ3v) is 8.49. The van der Waals surface area contributed by atoms with E-state index in [1.54, 1.807) is 0 Å². The van der Waals surface area contributed by atoms with Crippen LogP contribution in [0.25, 0.3) is 87.9 Å². The molecule has 2 heterocycles. The van der Waals surface area contributed by atoms with E-state index in [9.17, 15) is 0 Å². The predicted molar refractivity (Wildman–Crippen MR) is 167 cm³/mol. The highest BCUT2D eigenvalue weighted by molar-refractivity contribution is 6.31. The summed E-state index contributed by atoms with van der Waals surface area (Å²) in [6, 6.07) is 43.8. The van der Waals surface area contributed by atoms with Crippen LogP contribution in [0.1, 0.15) is 0 Å². The van der Waals surface area contributed by atoms with E-state index in [2.05, 4.69) is 120 Å². The third kappa shape index (κ3) is 2.93. The van der Waals surface area contributed by atoms with E-state index in [0.29, 0.717) is 0 Å². The van der Waals surface area contributed by atoms with Gasteiger partial charge in [-0.25, -0.2) is 0 Å². The summed E-state index contributed by atoms with van der Waals surface area (Å²) < 4.78 is 0. The molecule has 2 heteroatoms. The summed E-state index contributed by atoms with van der Waals surface area (Å²) >= 11 is 0. The van der Waals surface area contributed by atoms with Crippen molar-refractivity contribution in [1.82, 2.24) is 9.97 Å². The smallest absolute Gasteiger partial charge is 0.0714 e. The Morgan fingerprint density at radius 3 is 1.88 bits per heavy atom. The predicted octanol–water partition coefficient (Wildman–Crippen LogP) is 10.1. The molecule has 8 aromatic rings. The Bertz CT molecular complexity index is 2260. The first kappa shape index (κ1) is 21.6. The Hall–Kier alpha value is -5.34. The number of nitrogens with zero attached hydrogens (tertiary/aromatic N) is 2. The quantitative estimate of drug-likeness (QED) is 0.218. The van der Waals surface area contributed by atoms with Crippen molar-refractivity contribution in [2.75, 3.05) is 0 Å². The Balaban J connectivity index is 1.29. The zero-order chi connectivity index (χ0) is 26.2. The minimum atomic E-state index is 0.980. The summed E-state index contributed by atoms with van der Waals surface area (Å²) in [7, 11) is 0. The van der Waals surface area contributed by atoms with Gasteiger partial charge in [-0.05, 0) is 90.0 Å². The summed E-state index contributed by atoms with van der Waals surface area (Å²) in [5, 5.41) is 8.94. The van der Waals surface area contributed by atoms with Crippen LogP contribution in [0.3, 0.4) is 0 Å². The minimum Gasteiger partial charge on any atom is -0.256 e. The van der Waals surface area contributed by atoms with E-state index >= 15 is 0 Å². The van der Waals surface area contributed by atoms with Gasteiger partial charge in [0.15, 0.2) is 0 Å². The lowest BCUT2D eigenvalue weighted by atomic mass is 9.90. The van der Waals surface area contributed by atoms with Gasteiger partial charge in [0.1, 0.15) is 0 Å². The first-order chi connectivity index (χ1) is 19.8. The second kappa shape index (κ2) is 8.08. The first-order valence-electron chi connectivity index (χ1n) is 13.7. The van der Waals surface area contributed by atoms with Crippen LogP contribution in [-0.4, -0.2) is 9.97 Å². The second-order valence-corrected chi connectivity index (χ2v) is 10.6. The average Bonchev–Trinajstić information content (AvgIpc) is 3.37. The van der Waals surface area contributed by atoms with Crippen LogP contribution in [0.5, 0.6) is 0 Å². The Morgan fingerprint density at radius 2 is 1.07 bits per heavy atom. The molecule has 0 saturated heterocycles. The maximum atomic E-state index is 4.86. The molecule has 6 aromatic carbocycles. The van der Waals surface area contributed by atoms with E-state index in [1.807, 2.05) is 18.5 Å². The molecule has 1 aliphatic rings. The molecule has 184 valence electrons. The zero-order valence-electron chi connectivity index (χ0n) is 21.6. The summed E-state index contributed by atoms with van der Waals surface area (Å²) in [6.45, 7) is 0. The molecule has 0 bridgehead atoms. The highest BCUT2D eigenvalue weighted by Gasteiger charge is 2.27. The van der Waals surface area contributed by atoms with Crippen molar-refractivity contribution >= 4 is 43.2 Å². The fourth-order valence-electron chi connectivity index (χ4n) is 6.75. The Morgan fingerprint density at radius 1 is 0.400 bits per heavy atom. The van der Waals surface area contributed by atoms with Gasteiger partial charge >= 0.3 is 0 Å². The number of fused-ring (bicyclic) bond motifs is 9. The van der Waals surface area contributed by atoms with E-state index in [4.69, 9.17) is 4.98 Å². The summed E-state index contributed by atoms with van der Waals surface area (Å²) in [4.78, 5) is 9.42. The second-order valence-electron chi connectivity index (χ2n) is 10.6. The van der Waals surface area contributed by atoms with Gasteiger partial charge < -0.3 is 0 Å². The zero-order valence-corrected chi connectivity index (χ0v) is 21.6. The monoisotopic (exact) mass is 506 g/mol. The summed E-state index contributed by atoms with van der Waals surface area (Å²) in [5.74, 6) is 0. The molecule has 0 fully saturated rings. The average molecular weight is 507 g/mol. The summed E-state index contributed by atoms with van der Waals surface area (Å²) in [6.07, 6.45) is 3.77. The molecule has 1 aliphatic carbocycles. The third-order valence-electron chi connectivity index (χ3n) is 8.49. The molecule has 9 rings (SSSR count). The number of pyridine rings is 2. The molecule has 0 aliphatic heterocycles. The van der Waals surface area contributed by atoms with Gasteiger partial charge in [-0.15, -0.1) is 0 Å². The normalized spacial score (nSPS) is 12.0. The SMILES string of the molecule is c1cnc2cc(-c3ccnc(-c4ccc5c6c(cccc46)-c4c-5c5ccccc5c5ccccc45)c3)ccc2c1. The van der Waals surface area contributed by atoms with Gasteiger partial charge in [-0.1, -0.05) is 97.1 Å². The van der Waals surface area contributed by atoms with Crippen molar-refractivity contribution in [2.45, 2.75) is 0 Å². The van der Waals surface area contributed by atoms with Gasteiger partial charge in [0.2, 0.25) is 0 Å². The molecule has 0 unspecified atom stereocenters. The highest BCUT2D eigenvalue weighted by Crippen LogP contribution is 2.54. The number of hydrogen-bond donors (Lipinski definition) is 0. The molecular formula is C38H22N2. The van der Waals surface area contributed by atoms with Crippen molar-refractivity contribution in [1.29, 1.82) is 0 Å². The lowest BCUT2D eigenvalue weighted by molar-refractivity contribution is 1.33. The van der Waals surface area contributed by atoms with Gasteiger partial charge in [-0.2, -0.15) is 0 Å². The Kier molecular flexibility index (Phi) is 4.36. The van der Waals surface area contributed by atoms with E-state index in [0.717, 1.165) is 33.3 Å². The molecule has 40 heavy (non-hydrogen) atoms. The summed E-state index contributed by atoms with van der Waals surface area (Å²) in [5.41, 5.74) is 10.7. The van der Waals surface area contributed by atoms with Gasteiger partial charge in [0, 0.05) is 23.3 Å².